The molecular formula is C16H21B. The lowest BCUT2D eigenvalue weighted by molar-refractivity contribution is 0.525. The summed E-state index contributed by atoms with van der Waals surface area (Å²) < 4.78 is 0. The fourth-order valence-corrected chi connectivity index (χ4v) is 2.58. The third kappa shape index (κ3) is 2.72. The maximum Gasteiger partial charge on any atom is 0.101 e. The van der Waals surface area contributed by atoms with E-state index in [1.165, 1.54) is 29.1 Å². The Kier molecular flexibility index (Phi) is 3.88. The summed E-state index contributed by atoms with van der Waals surface area (Å²) in [6.07, 6.45) is 2.56. The highest BCUT2D eigenvalue weighted by atomic mass is 14.2. The normalized spacial score (nSPS) is 14.7. The van der Waals surface area contributed by atoms with Crippen molar-refractivity contribution in [2.75, 3.05) is 0 Å². The first-order valence-corrected chi connectivity index (χ1v) is 6.70. The third-order valence-corrected chi connectivity index (χ3v) is 3.81. The van der Waals surface area contributed by atoms with Crippen LogP contribution >= 0.6 is 0 Å². The second-order valence-corrected chi connectivity index (χ2v) is 5.22. The molecule has 2 atom stereocenters. The molecule has 88 valence electrons. The Labute approximate surface area is 105 Å². The predicted molar refractivity (Wildman–Crippen MR) is 79.5 cm³/mol. The fourth-order valence-electron chi connectivity index (χ4n) is 2.58. The standard InChI is InChI=1S/C16H21B/c1-12(11-17)10-13(2)15-9-5-7-14-6-3-4-8-16(14)15/h3-9,12-13H,10-11,17H2,1-2H3/t12-,13+/m1/s1. The van der Waals surface area contributed by atoms with E-state index >= 15 is 0 Å². The highest BCUT2D eigenvalue weighted by Gasteiger charge is 2.11. The van der Waals surface area contributed by atoms with Crippen molar-refractivity contribution in [1.82, 2.24) is 0 Å². The van der Waals surface area contributed by atoms with E-state index in [1.807, 2.05) is 0 Å². The Morgan fingerprint density at radius 2 is 1.71 bits per heavy atom. The van der Waals surface area contributed by atoms with Crippen molar-refractivity contribution in [2.24, 2.45) is 5.92 Å². The first kappa shape index (κ1) is 12.2. The number of fused-ring (bicyclic) bond motifs is 1. The van der Waals surface area contributed by atoms with Crippen LogP contribution in [0.2, 0.25) is 6.32 Å². The molecule has 0 aliphatic rings. The van der Waals surface area contributed by atoms with Crippen molar-refractivity contribution in [2.45, 2.75) is 32.5 Å². The van der Waals surface area contributed by atoms with Crippen LogP contribution in [0.3, 0.4) is 0 Å². The molecule has 2 aromatic rings. The molecule has 2 aromatic carbocycles. The van der Waals surface area contributed by atoms with Gasteiger partial charge in [-0.3, -0.25) is 0 Å². The SMILES string of the molecule is BC[C@H](C)C[C@H](C)c1cccc2ccccc12. The van der Waals surface area contributed by atoms with Gasteiger partial charge in [-0.05, 0) is 28.7 Å². The van der Waals surface area contributed by atoms with Gasteiger partial charge in [-0.15, -0.1) is 0 Å². The third-order valence-electron chi connectivity index (χ3n) is 3.81. The minimum atomic E-state index is 0.649. The summed E-state index contributed by atoms with van der Waals surface area (Å²) in [5.41, 5.74) is 1.50. The van der Waals surface area contributed by atoms with Gasteiger partial charge in [-0.25, -0.2) is 0 Å². The van der Waals surface area contributed by atoms with Gasteiger partial charge in [0, 0.05) is 0 Å². The summed E-state index contributed by atoms with van der Waals surface area (Å²) in [7, 11) is 2.28. The van der Waals surface area contributed by atoms with Gasteiger partial charge in [0.15, 0.2) is 0 Å². The summed E-state index contributed by atoms with van der Waals surface area (Å²) in [5, 5.41) is 2.78. The van der Waals surface area contributed by atoms with Crippen LogP contribution in [-0.2, 0) is 0 Å². The average Bonchev–Trinajstić information content (AvgIpc) is 2.37. The molecule has 0 heterocycles. The number of benzene rings is 2. The van der Waals surface area contributed by atoms with Crippen LogP contribution in [0.25, 0.3) is 10.8 Å². The van der Waals surface area contributed by atoms with Crippen LogP contribution in [-0.4, -0.2) is 7.85 Å². The molecule has 0 spiro atoms. The molecule has 0 N–H and O–H groups in total. The average molecular weight is 224 g/mol. The van der Waals surface area contributed by atoms with Crippen molar-refractivity contribution in [1.29, 1.82) is 0 Å². The van der Waals surface area contributed by atoms with E-state index in [2.05, 4.69) is 64.2 Å². The first-order valence-electron chi connectivity index (χ1n) is 6.70. The van der Waals surface area contributed by atoms with E-state index in [1.54, 1.807) is 0 Å². The van der Waals surface area contributed by atoms with Crippen LogP contribution in [0.5, 0.6) is 0 Å². The van der Waals surface area contributed by atoms with E-state index in [9.17, 15) is 0 Å². The molecule has 0 saturated carbocycles. The Morgan fingerprint density at radius 3 is 2.47 bits per heavy atom. The Hall–Kier alpha value is -1.24. The number of rotatable bonds is 4. The van der Waals surface area contributed by atoms with Gasteiger partial charge in [-0.1, -0.05) is 68.6 Å². The molecule has 0 fully saturated rings. The molecule has 2 rings (SSSR count). The van der Waals surface area contributed by atoms with Crippen LogP contribution in [0.1, 0.15) is 31.7 Å². The molecule has 17 heavy (non-hydrogen) atoms. The maximum atomic E-state index is 2.36. The molecule has 0 unspecified atom stereocenters. The summed E-state index contributed by atoms with van der Waals surface area (Å²) >= 11 is 0. The Bertz CT molecular complexity index is 484. The Balaban J connectivity index is 2.34. The fraction of sp³-hybridized carbons (Fsp3) is 0.375. The van der Waals surface area contributed by atoms with E-state index in [0.29, 0.717) is 5.92 Å². The van der Waals surface area contributed by atoms with E-state index in [-0.39, 0.29) is 0 Å². The molecule has 0 aliphatic carbocycles. The minimum Gasteiger partial charge on any atom is -0.0785 e. The van der Waals surface area contributed by atoms with Gasteiger partial charge in [0.2, 0.25) is 0 Å². The molecule has 0 aromatic heterocycles. The van der Waals surface area contributed by atoms with Gasteiger partial charge >= 0.3 is 0 Å². The molecule has 1 heteroatoms. The molecular weight excluding hydrogens is 203 g/mol. The van der Waals surface area contributed by atoms with E-state index in [0.717, 1.165) is 5.92 Å². The highest BCUT2D eigenvalue weighted by molar-refractivity contribution is 6.08. The van der Waals surface area contributed by atoms with Crippen molar-refractivity contribution >= 4 is 18.6 Å². The largest absolute Gasteiger partial charge is 0.101 e. The monoisotopic (exact) mass is 224 g/mol. The first-order chi connectivity index (χ1) is 8.22. The van der Waals surface area contributed by atoms with Crippen molar-refractivity contribution in [3.63, 3.8) is 0 Å². The minimum absolute atomic E-state index is 0.649. The van der Waals surface area contributed by atoms with Gasteiger partial charge in [0.1, 0.15) is 7.85 Å². The van der Waals surface area contributed by atoms with Crippen LogP contribution < -0.4 is 0 Å². The highest BCUT2D eigenvalue weighted by Crippen LogP contribution is 2.30. The maximum absolute atomic E-state index is 2.36. The lowest BCUT2D eigenvalue weighted by Crippen LogP contribution is -2.02. The second kappa shape index (κ2) is 5.40. The van der Waals surface area contributed by atoms with Crippen molar-refractivity contribution < 1.29 is 0 Å². The summed E-state index contributed by atoms with van der Waals surface area (Å²) in [6.45, 7) is 4.70. The number of hydrogen-bond acceptors (Lipinski definition) is 0. The Morgan fingerprint density at radius 1 is 1.00 bits per heavy atom. The van der Waals surface area contributed by atoms with Crippen LogP contribution in [0.15, 0.2) is 42.5 Å². The number of hydrogen-bond donors (Lipinski definition) is 0. The zero-order valence-corrected chi connectivity index (χ0v) is 11.1. The molecule has 0 aliphatic heterocycles. The van der Waals surface area contributed by atoms with Crippen LogP contribution in [0.4, 0.5) is 0 Å². The summed E-state index contributed by atoms with van der Waals surface area (Å²) in [4.78, 5) is 0. The lowest BCUT2D eigenvalue weighted by Gasteiger charge is -2.18. The molecule has 0 radical (unpaired) electrons. The molecule has 0 bridgehead atoms. The van der Waals surface area contributed by atoms with Crippen molar-refractivity contribution in [3.8, 4) is 0 Å². The smallest absolute Gasteiger partial charge is 0.0785 e. The molecule has 0 nitrogen and oxygen atoms in total. The van der Waals surface area contributed by atoms with Gasteiger partial charge in [-0.2, -0.15) is 0 Å². The molecule has 0 amide bonds. The lowest BCUT2D eigenvalue weighted by atomic mass is 9.82. The topological polar surface area (TPSA) is 0 Å². The summed E-state index contributed by atoms with van der Waals surface area (Å²) in [5.74, 6) is 1.46. The van der Waals surface area contributed by atoms with Gasteiger partial charge in [0.25, 0.3) is 0 Å². The zero-order chi connectivity index (χ0) is 12.3. The summed E-state index contributed by atoms with van der Waals surface area (Å²) in [6, 6.07) is 15.4. The predicted octanol–water partition coefficient (Wildman–Crippen LogP) is 4.02. The van der Waals surface area contributed by atoms with E-state index in [4.69, 9.17) is 0 Å². The quantitative estimate of drug-likeness (QED) is 0.688. The zero-order valence-electron chi connectivity index (χ0n) is 11.1. The second-order valence-electron chi connectivity index (χ2n) is 5.22. The van der Waals surface area contributed by atoms with Gasteiger partial charge in [0.05, 0.1) is 0 Å². The molecule has 0 saturated heterocycles. The van der Waals surface area contributed by atoms with Crippen LogP contribution in [0, 0.1) is 5.92 Å². The van der Waals surface area contributed by atoms with E-state index < -0.39 is 0 Å². The van der Waals surface area contributed by atoms with Crippen molar-refractivity contribution in [3.05, 3.63) is 48.0 Å². The van der Waals surface area contributed by atoms with Gasteiger partial charge < -0.3 is 0 Å².